The quantitative estimate of drug-likeness (QED) is 0.244. The predicted molar refractivity (Wildman–Crippen MR) is 130 cm³/mol. The zero-order valence-corrected chi connectivity index (χ0v) is 16.7. The van der Waals surface area contributed by atoms with E-state index < -0.39 is 7.12 Å². The molecular weight excluding hydrogens is 381 g/mol. The standard InChI is InChI=1S/C27H18BNO2/c30-28(31)20-13-9-19(10-14-20)25-26-21-7-3-1-5-17(21)11-15-23(26)29-24-16-12-18-6-2-4-8-22(18)27(24)25/h1-16,30-31H. The molecule has 0 spiro atoms. The van der Waals surface area contributed by atoms with E-state index in [0.717, 1.165) is 43.7 Å². The summed E-state index contributed by atoms with van der Waals surface area (Å²) in [7, 11) is -1.48. The zero-order chi connectivity index (χ0) is 20.9. The highest BCUT2D eigenvalue weighted by atomic mass is 16.4. The number of aromatic nitrogens is 1. The molecule has 31 heavy (non-hydrogen) atoms. The molecule has 1 heterocycles. The minimum atomic E-state index is -1.48. The van der Waals surface area contributed by atoms with Gasteiger partial charge in [0.15, 0.2) is 0 Å². The number of fused-ring (bicyclic) bond motifs is 6. The van der Waals surface area contributed by atoms with Gasteiger partial charge in [0.25, 0.3) is 0 Å². The Labute approximate surface area is 179 Å². The molecule has 0 amide bonds. The lowest BCUT2D eigenvalue weighted by molar-refractivity contribution is 0.426. The summed E-state index contributed by atoms with van der Waals surface area (Å²) in [5.74, 6) is 0. The Morgan fingerprint density at radius 2 is 1.06 bits per heavy atom. The van der Waals surface area contributed by atoms with Crippen molar-refractivity contribution in [2.24, 2.45) is 0 Å². The van der Waals surface area contributed by atoms with Crippen LogP contribution in [0.25, 0.3) is 54.5 Å². The monoisotopic (exact) mass is 399 g/mol. The van der Waals surface area contributed by atoms with Crippen LogP contribution in [0.3, 0.4) is 0 Å². The van der Waals surface area contributed by atoms with Crippen LogP contribution in [0.5, 0.6) is 0 Å². The lowest BCUT2D eigenvalue weighted by atomic mass is 9.79. The Bertz CT molecular complexity index is 1510. The fraction of sp³-hybridized carbons (Fsp3) is 0. The summed E-state index contributed by atoms with van der Waals surface area (Å²) in [4.78, 5) is 5.03. The predicted octanol–water partition coefficient (Wildman–Crippen LogP) is 5.04. The third kappa shape index (κ3) is 2.81. The number of benzene rings is 5. The van der Waals surface area contributed by atoms with E-state index in [2.05, 4.69) is 72.8 Å². The minimum Gasteiger partial charge on any atom is -0.423 e. The van der Waals surface area contributed by atoms with Gasteiger partial charge in [0.2, 0.25) is 0 Å². The third-order valence-corrected chi connectivity index (χ3v) is 6.05. The first kappa shape index (κ1) is 18.1. The molecular formula is C27H18BNO2. The fourth-order valence-electron chi connectivity index (χ4n) is 4.60. The maximum Gasteiger partial charge on any atom is 0.488 e. The number of rotatable bonds is 2. The van der Waals surface area contributed by atoms with E-state index in [1.807, 2.05) is 12.1 Å². The van der Waals surface area contributed by atoms with Crippen molar-refractivity contribution in [3.05, 3.63) is 97.1 Å². The van der Waals surface area contributed by atoms with E-state index in [1.165, 1.54) is 10.8 Å². The molecule has 1 aromatic heterocycles. The molecule has 6 aromatic rings. The molecule has 5 aromatic carbocycles. The summed E-state index contributed by atoms with van der Waals surface area (Å²) >= 11 is 0. The molecule has 0 bridgehead atoms. The molecule has 0 aliphatic rings. The SMILES string of the molecule is OB(O)c1ccc(-c2c3c(ccc4ccccc43)nc3ccc4ccccc4c23)cc1. The molecule has 0 saturated carbocycles. The summed E-state index contributed by atoms with van der Waals surface area (Å²) in [5.41, 5.74) is 4.51. The Morgan fingerprint density at radius 1 is 0.548 bits per heavy atom. The Balaban J connectivity index is 1.86. The van der Waals surface area contributed by atoms with E-state index in [0.29, 0.717) is 5.46 Å². The van der Waals surface area contributed by atoms with Gasteiger partial charge < -0.3 is 10.0 Å². The van der Waals surface area contributed by atoms with Crippen LogP contribution < -0.4 is 5.46 Å². The first-order chi connectivity index (χ1) is 15.2. The Hall–Kier alpha value is -3.73. The van der Waals surface area contributed by atoms with Gasteiger partial charge in [0.05, 0.1) is 11.0 Å². The number of nitrogens with zero attached hydrogens (tertiary/aromatic N) is 1. The van der Waals surface area contributed by atoms with Gasteiger partial charge in [0, 0.05) is 16.3 Å². The zero-order valence-electron chi connectivity index (χ0n) is 16.7. The molecule has 0 atom stereocenters. The largest absolute Gasteiger partial charge is 0.488 e. The van der Waals surface area contributed by atoms with Crippen molar-refractivity contribution in [2.75, 3.05) is 0 Å². The Kier molecular flexibility index (Phi) is 4.03. The van der Waals surface area contributed by atoms with Crippen molar-refractivity contribution in [3.8, 4) is 11.1 Å². The van der Waals surface area contributed by atoms with Crippen LogP contribution in [-0.4, -0.2) is 22.2 Å². The number of pyridine rings is 1. The van der Waals surface area contributed by atoms with Crippen molar-refractivity contribution in [1.29, 1.82) is 0 Å². The van der Waals surface area contributed by atoms with Gasteiger partial charge in [-0.15, -0.1) is 0 Å². The maximum absolute atomic E-state index is 9.56. The fourth-order valence-corrected chi connectivity index (χ4v) is 4.60. The molecule has 3 nitrogen and oxygen atoms in total. The summed E-state index contributed by atoms with van der Waals surface area (Å²) < 4.78 is 0. The van der Waals surface area contributed by atoms with E-state index in [-0.39, 0.29) is 0 Å². The summed E-state index contributed by atoms with van der Waals surface area (Å²) in [5, 5.41) is 26.0. The second kappa shape index (κ2) is 6.91. The summed E-state index contributed by atoms with van der Waals surface area (Å²) in [6.45, 7) is 0. The maximum atomic E-state index is 9.56. The van der Waals surface area contributed by atoms with Crippen LogP contribution in [0.4, 0.5) is 0 Å². The number of hydrogen-bond donors (Lipinski definition) is 2. The highest BCUT2D eigenvalue weighted by Crippen LogP contribution is 2.41. The lowest BCUT2D eigenvalue weighted by Gasteiger charge is -2.16. The van der Waals surface area contributed by atoms with Crippen molar-refractivity contribution in [2.45, 2.75) is 0 Å². The molecule has 4 heteroatoms. The van der Waals surface area contributed by atoms with Gasteiger partial charge in [-0.05, 0) is 44.7 Å². The van der Waals surface area contributed by atoms with Crippen molar-refractivity contribution in [1.82, 2.24) is 4.98 Å². The van der Waals surface area contributed by atoms with Crippen LogP contribution in [0.15, 0.2) is 97.1 Å². The van der Waals surface area contributed by atoms with Gasteiger partial charge in [-0.3, -0.25) is 0 Å². The molecule has 0 fully saturated rings. The van der Waals surface area contributed by atoms with Crippen LogP contribution in [0, 0.1) is 0 Å². The van der Waals surface area contributed by atoms with Gasteiger partial charge in [-0.2, -0.15) is 0 Å². The Morgan fingerprint density at radius 3 is 1.58 bits per heavy atom. The van der Waals surface area contributed by atoms with Crippen LogP contribution in [0.2, 0.25) is 0 Å². The molecule has 0 radical (unpaired) electrons. The van der Waals surface area contributed by atoms with Crippen molar-refractivity contribution in [3.63, 3.8) is 0 Å². The molecule has 146 valence electrons. The van der Waals surface area contributed by atoms with Crippen molar-refractivity contribution >= 4 is 55.9 Å². The van der Waals surface area contributed by atoms with Gasteiger partial charge >= 0.3 is 7.12 Å². The van der Waals surface area contributed by atoms with Crippen LogP contribution in [-0.2, 0) is 0 Å². The van der Waals surface area contributed by atoms with E-state index in [4.69, 9.17) is 4.98 Å². The second-order valence-corrected chi connectivity index (χ2v) is 7.84. The van der Waals surface area contributed by atoms with Gasteiger partial charge in [0.1, 0.15) is 0 Å². The molecule has 0 aliphatic heterocycles. The second-order valence-electron chi connectivity index (χ2n) is 7.84. The van der Waals surface area contributed by atoms with E-state index >= 15 is 0 Å². The highest BCUT2D eigenvalue weighted by molar-refractivity contribution is 6.58. The molecule has 0 unspecified atom stereocenters. The summed E-state index contributed by atoms with van der Waals surface area (Å²) in [6.07, 6.45) is 0. The minimum absolute atomic E-state index is 0.473. The third-order valence-electron chi connectivity index (χ3n) is 6.05. The average molecular weight is 399 g/mol. The summed E-state index contributed by atoms with van der Waals surface area (Å²) in [6, 6.07) is 32.6. The number of hydrogen-bond acceptors (Lipinski definition) is 3. The molecule has 2 N–H and O–H groups in total. The van der Waals surface area contributed by atoms with Crippen LogP contribution in [0.1, 0.15) is 0 Å². The van der Waals surface area contributed by atoms with E-state index in [1.54, 1.807) is 12.1 Å². The average Bonchev–Trinajstić information content (AvgIpc) is 2.82. The molecule has 0 saturated heterocycles. The normalized spacial score (nSPS) is 11.5. The first-order valence-corrected chi connectivity index (χ1v) is 10.3. The highest BCUT2D eigenvalue weighted by Gasteiger charge is 2.17. The van der Waals surface area contributed by atoms with E-state index in [9.17, 15) is 10.0 Å². The van der Waals surface area contributed by atoms with Crippen LogP contribution >= 0.6 is 0 Å². The molecule has 0 aliphatic carbocycles. The van der Waals surface area contributed by atoms with Crippen molar-refractivity contribution < 1.29 is 10.0 Å². The lowest BCUT2D eigenvalue weighted by Crippen LogP contribution is -2.29. The first-order valence-electron chi connectivity index (χ1n) is 10.3. The topological polar surface area (TPSA) is 53.4 Å². The van der Waals surface area contributed by atoms with Gasteiger partial charge in [-0.1, -0.05) is 84.9 Å². The van der Waals surface area contributed by atoms with Gasteiger partial charge in [-0.25, -0.2) is 4.98 Å². The smallest absolute Gasteiger partial charge is 0.423 e. The molecule has 6 rings (SSSR count).